The normalized spacial score (nSPS) is 10.5. The van der Waals surface area contributed by atoms with Crippen molar-refractivity contribution in [3.63, 3.8) is 0 Å². The van der Waals surface area contributed by atoms with Crippen LogP contribution in [0, 0.1) is 0 Å². The predicted molar refractivity (Wildman–Crippen MR) is 93.6 cm³/mol. The highest BCUT2D eigenvalue weighted by Crippen LogP contribution is 2.32. The molecule has 0 aliphatic rings. The molecule has 2 aromatic carbocycles. The third-order valence-corrected chi connectivity index (χ3v) is 3.86. The Balaban J connectivity index is 1.51. The molecule has 0 aliphatic carbocycles. The van der Waals surface area contributed by atoms with Crippen molar-refractivity contribution in [3.05, 3.63) is 70.7 Å². The van der Waals surface area contributed by atoms with Gasteiger partial charge in [0.2, 0.25) is 0 Å². The van der Waals surface area contributed by atoms with Crippen molar-refractivity contribution in [3.8, 4) is 11.4 Å². The fourth-order valence-corrected chi connectivity index (χ4v) is 2.58. The Kier molecular flexibility index (Phi) is 5.53. The number of benzene rings is 2. The zero-order chi connectivity index (χ0) is 17.6. The van der Waals surface area contributed by atoms with Crippen LogP contribution in [0.5, 0.6) is 5.75 Å². The van der Waals surface area contributed by atoms with E-state index in [1.165, 1.54) is 6.33 Å². The lowest BCUT2D eigenvalue weighted by Crippen LogP contribution is -2.12. The zero-order valence-corrected chi connectivity index (χ0v) is 14.4. The van der Waals surface area contributed by atoms with Gasteiger partial charge in [-0.15, -0.1) is 0 Å². The SMILES string of the molecule is O=C(OCCOc1c(Cl)cccc1Cl)c1ccc(-n2cncn2)cc1. The van der Waals surface area contributed by atoms with E-state index in [1.54, 1.807) is 53.5 Å². The number of ether oxygens (including phenoxy) is 2. The van der Waals surface area contributed by atoms with E-state index in [9.17, 15) is 4.79 Å². The van der Waals surface area contributed by atoms with E-state index >= 15 is 0 Å². The maximum atomic E-state index is 12.0. The molecule has 0 fully saturated rings. The van der Waals surface area contributed by atoms with E-state index in [4.69, 9.17) is 32.7 Å². The molecule has 0 amide bonds. The second-order valence-electron chi connectivity index (χ2n) is 4.92. The first kappa shape index (κ1) is 17.3. The van der Waals surface area contributed by atoms with Crippen molar-refractivity contribution in [2.24, 2.45) is 0 Å². The summed E-state index contributed by atoms with van der Waals surface area (Å²) < 4.78 is 12.2. The largest absolute Gasteiger partial charge is 0.487 e. The molecule has 3 rings (SSSR count). The number of carbonyl (C=O) groups is 1. The van der Waals surface area contributed by atoms with Crippen LogP contribution in [0.25, 0.3) is 5.69 Å². The molecule has 128 valence electrons. The standard InChI is InChI=1S/C17H13Cl2N3O3/c18-14-2-1-3-15(19)16(14)24-8-9-25-17(23)12-4-6-13(7-5-12)22-11-20-10-21-22/h1-7,10-11H,8-9H2. The van der Waals surface area contributed by atoms with Gasteiger partial charge < -0.3 is 9.47 Å². The maximum Gasteiger partial charge on any atom is 0.338 e. The van der Waals surface area contributed by atoms with E-state index in [0.29, 0.717) is 21.4 Å². The summed E-state index contributed by atoms with van der Waals surface area (Å²) in [7, 11) is 0. The van der Waals surface area contributed by atoms with Crippen molar-refractivity contribution in [2.45, 2.75) is 0 Å². The quantitative estimate of drug-likeness (QED) is 0.482. The van der Waals surface area contributed by atoms with Crippen LogP contribution in [0.1, 0.15) is 10.4 Å². The van der Waals surface area contributed by atoms with Gasteiger partial charge in [0.05, 0.1) is 21.3 Å². The number of rotatable bonds is 6. The molecule has 0 saturated heterocycles. The van der Waals surface area contributed by atoms with E-state index in [-0.39, 0.29) is 13.2 Å². The monoisotopic (exact) mass is 377 g/mol. The van der Waals surface area contributed by atoms with Crippen molar-refractivity contribution in [2.75, 3.05) is 13.2 Å². The van der Waals surface area contributed by atoms with Crippen molar-refractivity contribution in [1.82, 2.24) is 14.8 Å². The van der Waals surface area contributed by atoms with Crippen LogP contribution < -0.4 is 4.74 Å². The second kappa shape index (κ2) is 8.00. The van der Waals surface area contributed by atoms with E-state index in [0.717, 1.165) is 5.69 Å². The Morgan fingerprint density at radius 3 is 2.40 bits per heavy atom. The van der Waals surface area contributed by atoms with Gasteiger partial charge in [-0.1, -0.05) is 29.3 Å². The summed E-state index contributed by atoms with van der Waals surface area (Å²) in [6.07, 6.45) is 3.01. The molecule has 0 radical (unpaired) electrons. The Bertz CT molecular complexity index is 832. The molecule has 0 aliphatic heterocycles. The van der Waals surface area contributed by atoms with Crippen LogP contribution in [-0.4, -0.2) is 33.9 Å². The van der Waals surface area contributed by atoms with Crippen molar-refractivity contribution >= 4 is 29.2 Å². The van der Waals surface area contributed by atoms with Gasteiger partial charge in [0.15, 0.2) is 5.75 Å². The van der Waals surface area contributed by atoms with Gasteiger partial charge in [-0.3, -0.25) is 0 Å². The summed E-state index contributed by atoms with van der Waals surface area (Å²) in [5.74, 6) is -0.0712. The molecule has 0 unspecified atom stereocenters. The first-order valence-electron chi connectivity index (χ1n) is 7.34. The number of esters is 1. The molecule has 1 heterocycles. The van der Waals surface area contributed by atoms with Crippen LogP contribution in [0.2, 0.25) is 10.0 Å². The number of para-hydroxylation sites is 1. The van der Waals surface area contributed by atoms with E-state index in [1.807, 2.05) is 0 Å². The Morgan fingerprint density at radius 1 is 1.04 bits per heavy atom. The molecule has 25 heavy (non-hydrogen) atoms. The fourth-order valence-electron chi connectivity index (χ4n) is 2.07. The van der Waals surface area contributed by atoms with Crippen molar-refractivity contribution < 1.29 is 14.3 Å². The lowest BCUT2D eigenvalue weighted by molar-refractivity contribution is 0.0450. The fraction of sp³-hybridized carbons (Fsp3) is 0.118. The van der Waals surface area contributed by atoms with Crippen LogP contribution >= 0.6 is 23.2 Å². The third-order valence-electron chi connectivity index (χ3n) is 3.27. The minimum absolute atomic E-state index is 0.0746. The molecular weight excluding hydrogens is 365 g/mol. The first-order chi connectivity index (χ1) is 12.1. The summed E-state index contributed by atoms with van der Waals surface area (Å²) in [5.41, 5.74) is 1.23. The summed E-state index contributed by atoms with van der Waals surface area (Å²) in [6.45, 7) is 0.220. The summed E-state index contributed by atoms with van der Waals surface area (Å²) >= 11 is 12.0. The molecule has 0 N–H and O–H groups in total. The average molecular weight is 378 g/mol. The van der Waals surface area contributed by atoms with Gasteiger partial charge >= 0.3 is 5.97 Å². The number of nitrogens with zero attached hydrogens (tertiary/aromatic N) is 3. The average Bonchev–Trinajstić information content (AvgIpc) is 3.15. The summed E-state index contributed by atoms with van der Waals surface area (Å²) in [4.78, 5) is 15.9. The molecular formula is C17H13Cl2N3O3. The third kappa shape index (κ3) is 4.29. The lowest BCUT2D eigenvalue weighted by atomic mass is 10.2. The van der Waals surface area contributed by atoms with Crippen LogP contribution in [-0.2, 0) is 4.74 Å². The van der Waals surface area contributed by atoms with Crippen LogP contribution in [0.4, 0.5) is 0 Å². The number of hydrogen-bond acceptors (Lipinski definition) is 5. The molecule has 8 heteroatoms. The molecule has 0 spiro atoms. The minimum Gasteiger partial charge on any atom is -0.487 e. The van der Waals surface area contributed by atoms with Gasteiger partial charge in [-0.2, -0.15) is 5.10 Å². The highest BCUT2D eigenvalue weighted by molar-refractivity contribution is 6.37. The summed E-state index contributed by atoms with van der Waals surface area (Å²) in [6, 6.07) is 11.9. The van der Waals surface area contributed by atoms with Crippen molar-refractivity contribution in [1.29, 1.82) is 0 Å². The highest BCUT2D eigenvalue weighted by Gasteiger charge is 2.09. The van der Waals surface area contributed by atoms with Crippen LogP contribution in [0.3, 0.4) is 0 Å². The molecule has 0 saturated carbocycles. The van der Waals surface area contributed by atoms with Gasteiger partial charge in [0, 0.05) is 0 Å². The number of aromatic nitrogens is 3. The van der Waals surface area contributed by atoms with Gasteiger partial charge in [-0.25, -0.2) is 14.5 Å². The molecule has 1 aromatic heterocycles. The Hall–Kier alpha value is -2.57. The van der Waals surface area contributed by atoms with Crippen LogP contribution in [0.15, 0.2) is 55.1 Å². The summed E-state index contributed by atoms with van der Waals surface area (Å²) in [5, 5.41) is 4.83. The lowest BCUT2D eigenvalue weighted by Gasteiger charge is -2.10. The van der Waals surface area contributed by atoms with Gasteiger partial charge in [-0.05, 0) is 36.4 Å². The topological polar surface area (TPSA) is 66.2 Å². The predicted octanol–water partition coefficient (Wildman–Crippen LogP) is 3.81. The van der Waals surface area contributed by atoms with E-state index < -0.39 is 5.97 Å². The molecule has 3 aromatic rings. The number of carbonyl (C=O) groups excluding carboxylic acids is 1. The number of hydrogen-bond donors (Lipinski definition) is 0. The Morgan fingerprint density at radius 2 is 1.76 bits per heavy atom. The molecule has 0 bridgehead atoms. The minimum atomic E-state index is -0.445. The first-order valence-corrected chi connectivity index (χ1v) is 8.10. The second-order valence-corrected chi connectivity index (χ2v) is 5.74. The molecule has 6 nitrogen and oxygen atoms in total. The maximum absolute atomic E-state index is 12.0. The zero-order valence-electron chi connectivity index (χ0n) is 12.9. The van der Waals surface area contributed by atoms with E-state index in [2.05, 4.69) is 10.1 Å². The molecule has 0 atom stereocenters. The Labute approximate surface area is 153 Å². The number of halogens is 2. The van der Waals surface area contributed by atoms with Gasteiger partial charge in [0.1, 0.15) is 25.9 Å². The smallest absolute Gasteiger partial charge is 0.338 e. The highest BCUT2D eigenvalue weighted by atomic mass is 35.5. The van der Waals surface area contributed by atoms with Gasteiger partial charge in [0.25, 0.3) is 0 Å².